The molecule has 0 N–H and O–H groups in total. The minimum absolute atomic E-state index is 1.15. The summed E-state index contributed by atoms with van der Waals surface area (Å²) in [5.41, 5.74) is 4.13. The van der Waals surface area contributed by atoms with Crippen LogP contribution in [0.1, 0.15) is 39.5 Å². The van der Waals surface area contributed by atoms with E-state index in [0.717, 1.165) is 5.71 Å². The van der Waals surface area contributed by atoms with Gasteiger partial charge >= 0.3 is 0 Å². The first-order valence-electron chi connectivity index (χ1n) is 4.60. The van der Waals surface area contributed by atoms with Gasteiger partial charge in [-0.05, 0) is 45.1 Å². The molecule has 0 spiro atoms. The molecule has 0 atom stereocenters. The molecular weight excluding hydrogens is 146 g/mol. The molecule has 0 fully saturated rings. The Labute approximate surface area is 74.9 Å². The molecule has 66 valence electrons. The highest BCUT2D eigenvalue weighted by Gasteiger charge is 2.10. The fourth-order valence-corrected chi connectivity index (χ4v) is 1.76. The van der Waals surface area contributed by atoms with E-state index in [9.17, 15) is 0 Å². The average Bonchev–Trinajstić information content (AvgIpc) is 2.05. The number of aliphatic imine (C=N–C) groups is 1. The Morgan fingerprint density at radius 1 is 1.42 bits per heavy atom. The minimum atomic E-state index is 1.15. The molecule has 0 aromatic rings. The summed E-state index contributed by atoms with van der Waals surface area (Å²) in [5, 5.41) is 0. The van der Waals surface area contributed by atoms with Crippen LogP contribution >= 0.6 is 0 Å². The first-order valence-corrected chi connectivity index (χ1v) is 4.60. The molecule has 1 aliphatic rings. The van der Waals surface area contributed by atoms with Crippen molar-refractivity contribution in [3.63, 3.8) is 0 Å². The molecule has 1 rings (SSSR count). The quantitative estimate of drug-likeness (QED) is 0.553. The van der Waals surface area contributed by atoms with E-state index in [1.54, 1.807) is 6.20 Å². The third-order valence-corrected chi connectivity index (χ3v) is 2.47. The second-order valence-electron chi connectivity index (χ2n) is 3.36. The first-order chi connectivity index (χ1) is 5.75. The highest BCUT2D eigenvalue weighted by molar-refractivity contribution is 5.99. The SMILES string of the molecule is C=CN=C(C)C1=C(C)CCCC1. The normalized spacial score (nSPS) is 19.7. The Kier molecular flexibility index (Phi) is 3.27. The highest BCUT2D eigenvalue weighted by Crippen LogP contribution is 2.25. The molecule has 0 bridgehead atoms. The van der Waals surface area contributed by atoms with Crippen LogP contribution in [0.4, 0.5) is 0 Å². The van der Waals surface area contributed by atoms with Gasteiger partial charge in [-0.3, -0.25) is 4.99 Å². The van der Waals surface area contributed by atoms with E-state index in [1.165, 1.54) is 36.8 Å². The van der Waals surface area contributed by atoms with Gasteiger partial charge in [0.2, 0.25) is 0 Å². The van der Waals surface area contributed by atoms with Gasteiger partial charge in [0, 0.05) is 11.9 Å². The fourth-order valence-electron chi connectivity index (χ4n) is 1.76. The monoisotopic (exact) mass is 163 g/mol. The fraction of sp³-hybridized carbons (Fsp3) is 0.545. The molecule has 1 nitrogen and oxygen atoms in total. The molecule has 0 unspecified atom stereocenters. The lowest BCUT2D eigenvalue weighted by atomic mass is 9.90. The molecule has 1 heteroatoms. The van der Waals surface area contributed by atoms with Gasteiger partial charge in [-0.25, -0.2) is 0 Å². The number of nitrogens with zero attached hydrogens (tertiary/aromatic N) is 1. The highest BCUT2D eigenvalue weighted by atomic mass is 14.7. The molecular formula is C11H17N. The number of hydrogen-bond donors (Lipinski definition) is 0. The molecule has 0 aliphatic heterocycles. The van der Waals surface area contributed by atoms with Gasteiger partial charge in [0.1, 0.15) is 0 Å². The molecule has 0 amide bonds. The summed E-state index contributed by atoms with van der Waals surface area (Å²) in [7, 11) is 0. The zero-order valence-electron chi connectivity index (χ0n) is 8.06. The molecule has 0 heterocycles. The lowest BCUT2D eigenvalue weighted by molar-refractivity contribution is 0.688. The third kappa shape index (κ3) is 2.07. The maximum absolute atomic E-state index is 4.22. The topological polar surface area (TPSA) is 12.4 Å². The van der Waals surface area contributed by atoms with Crippen molar-refractivity contribution >= 4 is 5.71 Å². The van der Waals surface area contributed by atoms with Crippen molar-refractivity contribution in [1.82, 2.24) is 0 Å². The molecule has 1 aliphatic carbocycles. The van der Waals surface area contributed by atoms with Crippen LogP contribution in [0, 0.1) is 0 Å². The van der Waals surface area contributed by atoms with Crippen LogP contribution in [0.5, 0.6) is 0 Å². The Hall–Kier alpha value is -0.850. The number of rotatable bonds is 2. The Morgan fingerprint density at radius 3 is 2.67 bits per heavy atom. The average molecular weight is 163 g/mol. The molecule has 0 aromatic heterocycles. The molecule has 12 heavy (non-hydrogen) atoms. The van der Waals surface area contributed by atoms with Crippen LogP contribution in [0.25, 0.3) is 0 Å². The van der Waals surface area contributed by atoms with Gasteiger partial charge in [0.25, 0.3) is 0 Å². The minimum Gasteiger partial charge on any atom is -0.262 e. The number of hydrogen-bond acceptors (Lipinski definition) is 1. The molecule has 0 saturated carbocycles. The van der Waals surface area contributed by atoms with Gasteiger partial charge in [0.05, 0.1) is 0 Å². The Bertz CT molecular complexity index is 228. The third-order valence-electron chi connectivity index (χ3n) is 2.47. The van der Waals surface area contributed by atoms with Crippen LogP contribution < -0.4 is 0 Å². The van der Waals surface area contributed by atoms with E-state index in [1.807, 2.05) is 0 Å². The van der Waals surface area contributed by atoms with E-state index in [4.69, 9.17) is 0 Å². The lowest BCUT2D eigenvalue weighted by Gasteiger charge is -2.16. The summed E-state index contributed by atoms with van der Waals surface area (Å²) in [6, 6.07) is 0. The Balaban J connectivity index is 2.84. The largest absolute Gasteiger partial charge is 0.262 e. The molecule has 0 saturated heterocycles. The zero-order valence-corrected chi connectivity index (χ0v) is 8.06. The van der Waals surface area contributed by atoms with Crippen LogP contribution in [0.3, 0.4) is 0 Å². The van der Waals surface area contributed by atoms with Crippen LogP contribution in [-0.4, -0.2) is 5.71 Å². The van der Waals surface area contributed by atoms with Crippen molar-refractivity contribution in [2.45, 2.75) is 39.5 Å². The van der Waals surface area contributed by atoms with Crippen LogP contribution in [0.15, 0.2) is 28.9 Å². The summed E-state index contributed by atoms with van der Waals surface area (Å²) in [5.74, 6) is 0. The van der Waals surface area contributed by atoms with Crippen molar-refractivity contribution in [2.75, 3.05) is 0 Å². The van der Waals surface area contributed by atoms with Gasteiger partial charge in [-0.2, -0.15) is 0 Å². The zero-order chi connectivity index (χ0) is 8.97. The van der Waals surface area contributed by atoms with E-state index in [-0.39, 0.29) is 0 Å². The molecule has 0 radical (unpaired) electrons. The smallest absolute Gasteiger partial charge is 0.0403 e. The second kappa shape index (κ2) is 4.24. The summed E-state index contributed by atoms with van der Waals surface area (Å²) < 4.78 is 0. The number of allylic oxidation sites excluding steroid dienone is 2. The second-order valence-corrected chi connectivity index (χ2v) is 3.36. The Morgan fingerprint density at radius 2 is 2.08 bits per heavy atom. The van der Waals surface area contributed by atoms with Gasteiger partial charge in [-0.15, -0.1) is 0 Å². The van der Waals surface area contributed by atoms with E-state index in [2.05, 4.69) is 25.4 Å². The van der Waals surface area contributed by atoms with Crippen LogP contribution in [-0.2, 0) is 0 Å². The van der Waals surface area contributed by atoms with Crippen molar-refractivity contribution < 1.29 is 0 Å². The van der Waals surface area contributed by atoms with E-state index in [0.29, 0.717) is 0 Å². The maximum Gasteiger partial charge on any atom is 0.0403 e. The standard InChI is InChI=1S/C11H17N/c1-4-12-10(3)11-8-6-5-7-9(11)2/h4H,1,5-8H2,2-3H3. The van der Waals surface area contributed by atoms with Crippen molar-refractivity contribution in [2.24, 2.45) is 4.99 Å². The van der Waals surface area contributed by atoms with Crippen molar-refractivity contribution in [3.05, 3.63) is 23.9 Å². The summed E-state index contributed by atoms with van der Waals surface area (Å²) in [6.45, 7) is 7.90. The predicted molar refractivity (Wildman–Crippen MR) is 54.5 cm³/mol. The van der Waals surface area contributed by atoms with E-state index >= 15 is 0 Å². The van der Waals surface area contributed by atoms with Crippen molar-refractivity contribution in [3.8, 4) is 0 Å². The summed E-state index contributed by atoms with van der Waals surface area (Å²) in [6.07, 6.45) is 6.74. The van der Waals surface area contributed by atoms with E-state index < -0.39 is 0 Å². The molecule has 0 aromatic carbocycles. The summed E-state index contributed by atoms with van der Waals surface area (Å²) in [4.78, 5) is 4.22. The predicted octanol–water partition coefficient (Wildman–Crippen LogP) is 3.48. The van der Waals surface area contributed by atoms with Gasteiger partial charge in [0.15, 0.2) is 0 Å². The maximum atomic E-state index is 4.22. The van der Waals surface area contributed by atoms with Crippen molar-refractivity contribution in [1.29, 1.82) is 0 Å². The van der Waals surface area contributed by atoms with Gasteiger partial charge in [-0.1, -0.05) is 12.2 Å². The first kappa shape index (κ1) is 9.24. The van der Waals surface area contributed by atoms with Crippen LogP contribution in [0.2, 0.25) is 0 Å². The summed E-state index contributed by atoms with van der Waals surface area (Å²) >= 11 is 0. The lowest BCUT2D eigenvalue weighted by Crippen LogP contribution is -2.05. The van der Waals surface area contributed by atoms with Gasteiger partial charge < -0.3 is 0 Å².